The summed E-state index contributed by atoms with van der Waals surface area (Å²) in [7, 11) is 0. The number of nitro benzene ring substituents is 1. The largest absolute Gasteiger partial charge is 0.382 e. The second-order valence-corrected chi connectivity index (χ2v) is 4.13. The van der Waals surface area contributed by atoms with Crippen LogP contribution >= 0.6 is 0 Å². The van der Waals surface area contributed by atoms with Crippen molar-refractivity contribution in [3.05, 3.63) is 28.3 Å². The van der Waals surface area contributed by atoms with Crippen LogP contribution < -0.4 is 16.6 Å². The van der Waals surface area contributed by atoms with Crippen molar-refractivity contribution < 1.29 is 4.92 Å². The molecule has 0 amide bonds. The molecule has 2 atom stereocenters. The van der Waals surface area contributed by atoms with Crippen molar-refractivity contribution >= 4 is 17.1 Å². The summed E-state index contributed by atoms with van der Waals surface area (Å²) < 4.78 is 0. The van der Waals surface area contributed by atoms with Gasteiger partial charge in [-0.1, -0.05) is 6.92 Å². The third-order valence-corrected chi connectivity index (χ3v) is 2.76. The minimum absolute atomic E-state index is 0.0336. The lowest BCUT2D eigenvalue weighted by Gasteiger charge is -2.07. The summed E-state index contributed by atoms with van der Waals surface area (Å²) in [5.74, 6) is 5.89. The summed E-state index contributed by atoms with van der Waals surface area (Å²) >= 11 is 0. The Bertz CT molecular complexity index is 421. The van der Waals surface area contributed by atoms with E-state index in [1.165, 1.54) is 12.1 Å². The van der Waals surface area contributed by atoms with Gasteiger partial charge in [0.25, 0.3) is 5.69 Å². The number of non-ortho nitro benzene ring substituents is 1. The number of nitrogens with zero attached hydrogens (tertiary/aromatic N) is 1. The van der Waals surface area contributed by atoms with E-state index in [1.54, 1.807) is 6.07 Å². The molecule has 86 valence electrons. The zero-order chi connectivity index (χ0) is 11.7. The molecule has 0 aromatic heterocycles. The first-order valence-corrected chi connectivity index (χ1v) is 5.13. The van der Waals surface area contributed by atoms with Crippen LogP contribution in [0.25, 0.3) is 0 Å². The average molecular weight is 222 g/mol. The van der Waals surface area contributed by atoms with E-state index in [-0.39, 0.29) is 5.69 Å². The highest BCUT2D eigenvalue weighted by molar-refractivity contribution is 5.63. The average Bonchev–Trinajstić information content (AvgIpc) is 2.93. The number of hydrogen-bond donors (Lipinski definition) is 3. The number of hydrazine groups is 1. The molecule has 4 N–H and O–H groups in total. The van der Waals surface area contributed by atoms with Crippen LogP contribution in [-0.4, -0.2) is 11.0 Å². The molecule has 2 unspecified atom stereocenters. The predicted octanol–water partition coefficient (Wildman–Crippen LogP) is 1.70. The van der Waals surface area contributed by atoms with Crippen molar-refractivity contribution in [2.75, 3.05) is 10.7 Å². The Morgan fingerprint density at radius 2 is 2.06 bits per heavy atom. The Balaban J connectivity index is 2.22. The summed E-state index contributed by atoms with van der Waals surface area (Å²) in [4.78, 5) is 10.3. The third kappa shape index (κ3) is 2.22. The maximum atomic E-state index is 10.7. The first kappa shape index (κ1) is 10.7. The first-order valence-electron chi connectivity index (χ1n) is 5.13. The smallest absolute Gasteiger partial charge is 0.273 e. The normalized spacial score (nSPS) is 22.6. The van der Waals surface area contributed by atoms with Crippen LogP contribution in [0.5, 0.6) is 0 Å². The van der Waals surface area contributed by atoms with Crippen LogP contribution in [0, 0.1) is 16.0 Å². The quantitative estimate of drug-likeness (QED) is 0.409. The zero-order valence-corrected chi connectivity index (χ0v) is 8.93. The summed E-state index contributed by atoms with van der Waals surface area (Å²) in [5, 5.41) is 13.9. The zero-order valence-electron chi connectivity index (χ0n) is 8.93. The lowest BCUT2D eigenvalue weighted by molar-refractivity contribution is -0.384. The van der Waals surface area contributed by atoms with Crippen LogP contribution in [0.1, 0.15) is 13.3 Å². The van der Waals surface area contributed by atoms with Gasteiger partial charge in [0.1, 0.15) is 0 Å². The Morgan fingerprint density at radius 3 is 2.56 bits per heavy atom. The van der Waals surface area contributed by atoms with Gasteiger partial charge in [-0.3, -0.25) is 16.0 Å². The second kappa shape index (κ2) is 3.97. The molecule has 1 aromatic carbocycles. The van der Waals surface area contributed by atoms with E-state index in [2.05, 4.69) is 17.7 Å². The standard InChI is InChI=1S/C10H14N4O2/c1-6-2-10(6)12-7-3-8(13-11)5-9(4-7)14(15)16/h3-6,10,12-13H,2,11H2,1H3. The molecule has 2 rings (SSSR count). The van der Waals surface area contributed by atoms with E-state index in [9.17, 15) is 10.1 Å². The Hall–Kier alpha value is -1.82. The van der Waals surface area contributed by atoms with Gasteiger partial charge in [-0.2, -0.15) is 0 Å². The SMILES string of the molecule is CC1CC1Nc1cc(NN)cc([N+](=O)[O-])c1. The molecule has 0 spiro atoms. The van der Waals surface area contributed by atoms with Gasteiger partial charge in [-0.15, -0.1) is 0 Å². The summed E-state index contributed by atoms with van der Waals surface area (Å²) in [6.07, 6.45) is 1.11. The van der Waals surface area contributed by atoms with Crippen molar-refractivity contribution in [2.45, 2.75) is 19.4 Å². The lowest BCUT2D eigenvalue weighted by atomic mass is 10.2. The Kier molecular flexibility index (Phi) is 2.66. The van der Waals surface area contributed by atoms with E-state index in [0.29, 0.717) is 17.6 Å². The number of benzene rings is 1. The summed E-state index contributed by atoms with van der Waals surface area (Å²) in [5.41, 5.74) is 3.72. The van der Waals surface area contributed by atoms with E-state index >= 15 is 0 Å². The predicted molar refractivity (Wildman–Crippen MR) is 62.1 cm³/mol. The molecule has 0 saturated heterocycles. The van der Waals surface area contributed by atoms with Gasteiger partial charge < -0.3 is 10.7 Å². The van der Waals surface area contributed by atoms with Crippen molar-refractivity contribution in [2.24, 2.45) is 11.8 Å². The van der Waals surface area contributed by atoms with Crippen LogP contribution in [0.4, 0.5) is 17.1 Å². The first-order chi connectivity index (χ1) is 7.60. The van der Waals surface area contributed by atoms with Crippen LogP contribution in [0.2, 0.25) is 0 Å². The molecule has 0 heterocycles. The highest BCUT2D eigenvalue weighted by Crippen LogP contribution is 2.34. The van der Waals surface area contributed by atoms with Gasteiger partial charge in [0.2, 0.25) is 0 Å². The highest BCUT2D eigenvalue weighted by atomic mass is 16.6. The number of nitrogens with two attached hydrogens (primary N) is 1. The van der Waals surface area contributed by atoms with Crippen molar-refractivity contribution in [3.63, 3.8) is 0 Å². The fourth-order valence-electron chi connectivity index (χ4n) is 1.62. The topological polar surface area (TPSA) is 93.2 Å². The van der Waals surface area contributed by atoms with Gasteiger partial charge in [-0.05, 0) is 18.4 Å². The molecule has 1 aromatic rings. The van der Waals surface area contributed by atoms with Gasteiger partial charge in [0.15, 0.2) is 0 Å². The maximum Gasteiger partial charge on any atom is 0.273 e. The monoisotopic (exact) mass is 222 g/mol. The minimum Gasteiger partial charge on any atom is -0.382 e. The Labute approximate surface area is 92.9 Å². The van der Waals surface area contributed by atoms with E-state index < -0.39 is 4.92 Å². The second-order valence-electron chi connectivity index (χ2n) is 4.13. The fourth-order valence-corrected chi connectivity index (χ4v) is 1.62. The number of rotatable bonds is 4. The van der Waals surface area contributed by atoms with Crippen LogP contribution in [0.15, 0.2) is 18.2 Å². The summed E-state index contributed by atoms with van der Waals surface area (Å²) in [6.45, 7) is 2.14. The van der Waals surface area contributed by atoms with Crippen LogP contribution in [-0.2, 0) is 0 Å². The van der Waals surface area contributed by atoms with Gasteiger partial charge in [0, 0.05) is 23.9 Å². The summed E-state index contributed by atoms with van der Waals surface area (Å²) in [6, 6.07) is 5.11. The molecule has 1 aliphatic rings. The third-order valence-electron chi connectivity index (χ3n) is 2.76. The number of nitro groups is 1. The molecule has 6 heteroatoms. The number of nitrogen functional groups attached to an aromatic ring is 1. The number of nitrogens with one attached hydrogen (secondary N) is 2. The van der Waals surface area contributed by atoms with Crippen LogP contribution in [0.3, 0.4) is 0 Å². The molecule has 1 fully saturated rings. The molecular formula is C10H14N4O2. The van der Waals surface area contributed by atoms with E-state index in [1.807, 2.05) is 0 Å². The van der Waals surface area contributed by atoms with Gasteiger partial charge in [0.05, 0.1) is 10.6 Å². The van der Waals surface area contributed by atoms with Crippen molar-refractivity contribution in [1.29, 1.82) is 0 Å². The molecule has 6 nitrogen and oxygen atoms in total. The Morgan fingerprint density at radius 1 is 1.44 bits per heavy atom. The maximum absolute atomic E-state index is 10.7. The molecule has 1 aliphatic carbocycles. The minimum atomic E-state index is -0.428. The van der Waals surface area contributed by atoms with Crippen molar-refractivity contribution in [1.82, 2.24) is 0 Å². The molecular weight excluding hydrogens is 208 g/mol. The van der Waals surface area contributed by atoms with E-state index in [4.69, 9.17) is 5.84 Å². The molecule has 16 heavy (non-hydrogen) atoms. The van der Waals surface area contributed by atoms with Gasteiger partial charge in [-0.25, -0.2) is 0 Å². The van der Waals surface area contributed by atoms with Crippen molar-refractivity contribution in [3.8, 4) is 0 Å². The van der Waals surface area contributed by atoms with Gasteiger partial charge >= 0.3 is 0 Å². The molecule has 0 bridgehead atoms. The number of anilines is 2. The molecule has 0 aliphatic heterocycles. The lowest BCUT2D eigenvalue weighted by Crippen LogP contribution is -2.09. The van der Waals surface area contributed by atoms with E-state index in [0.717, 1.165) is 12.1 Å². The molecule has 0 radical (unpaired) electrons. The highest BCUT2D eigenvalue weighted by Gasteiger charge is 2.32. The molecule has 1 saturated carbocycles. The number of hydrogen-bond acceptors (Lipinski definition) is 5. The fraction of sp³-hybridized carbons (Fsp3) is 0.400.